The highest BCUT2D eigenvalue weighted by Crippen LogP contribution is 2.43. The molecule has 0 bridgehead atoms. The van der Waals surface area contributed by atoms with Gasteiger partial charge in [-0.3, -0.25) is 19.3 Å². The van der Waals surface area contributed by atoms with Gasteiger partial charge in [0.1, 0.15) is 34.7 Å². The van der Waals surface area contributed by atoms with Gasteiger partial charge in [-0.15, -0.1) is 0 Å². The number of nitrogens with one attached hydrogen (secondary N) is 2. The third-order valence-electron chi connectivity index (χ3n) is 9.91. The number of halogens is 2. The number of rotatable bonds is 6. The van der Waals surface area contributed by atoms with Crippen LogP contribution in [0.5, 0.6) is 0 Å². The number of amides is 3. The average molecular weight is 705 g/mol. The van der Waals surface area contributed by atoms with Gasteiger partial charge >= 0.3 is 0 Å². The summed E-state index contributed by atoms with van der Waals surface area (Å²) in [7, 11) is 0. The summed E-state index contributed by atoms with van der Waals surface area (Å²) in [6, 6.07) is 16.7. The number of furan rings is 1. The van der Waals surface area contributed by atoms with E-state index in [4.69, 9.17) is 9.15 Å². The number of carbonyl (C=O) groups excluding carboxylic acids is 3. The van der Waals surface area contributed by atoms with Crippen LogP contribution in [0.25, 0.3) is 11.3 Å². The lowest BCUT2D eigenvalue weighted by molar-refractivity contribution is -0.000511. The van der Waals surface area contributed by atoms with E-state index in [-0.39, 0.29) is 29.5 Å². The molecule has 3 aromatic heterocycles. The first-order valence-electron chi connectivity index (χ1n) is 17.0. The number of hydrogen-bond donors (Lipinski definition) is 2. The number of aromatic nitrogens is 2. The highest BCUT2D eigenvalue weighted by Gasteiger charge is 2.45. The normalized spacial score (nSPS) is 16.0. The summed E-state index contributed by atoms with van der Waals surface area (Å²) in [5.74, 6) is -2.06. The highest BCUT2D eigenvalue weighted by atomic mass is 19.1. The van der Waals surface area contributed by atoms with Gasteiger partial charge in [0.25, 0.3) is 17.7 Å². The Kier molecular flexibility index (Phi) is 8.50. The lowest BCUT2D eigenvalue weighted by Crippen LogP contribution is -2.59. The predicted octanol–water partition coefficient (Wildman–Crippen LogP) is 6.65. The van der Waals surface area contributed by atoms with Crippen LogP contribution in [0.1, 0.15) is 55.2 Å². The first kappa shape index (κ1) is 33.2. The maximum atomic E-state index is 14.2. The molecule has 1 spiro atoms. The predicted molar refractivity (Wildman–Crippen MR) is 190 cm³/mol. The fourth-order valence-corrected chi connectivity index (χ4v) is 7.14. The second kappa shape index (κ2) is 13.3. The van der Waals surface area contributed by atoms with Crippen molar-refractivity contribution in [3.63, 3.8) is 0 Å². The Morgan fingerprint density at radius 1 is 0.865 bits per heavy atom. The molecule has 11 nitrogen and oxygen atoms in total. The van der Waals surface area contributed by atoms with Crippen LogP contribution in [0.3, 0.4) is 0 Å². The molecule has 2 fully saturated rings. The first-order chi connectivity index (χ1) is 25.2. The topological polar surface area (TPSA) is 130 Å². The standard InChI is InChI=1S/C39H34F2N6O5/c1-23-18-28(34(43-20-23)46-21-39(22-46)12-16-51-17-13-39)36(48)44-26-9-7-24(8-10-26)38(50)47-15-11-25-19-31(52-33(25)27-4-3-14-42-35(27)47)37(49)45-32-29(40)5-2-6-30(32)41/h2-10,14,18-20H,11-13,15-17,21-22H2,1H3,(H,44,48)(H,45,49). The molecule has 0 unspecified atom stereocenters. The number of ether oxygens (including phenoxy) is 1. The minimum atomic E-state index is -0.913. The molecule has 3 amide bonds. The van der Waals surface area contributed by atoms with E-state index in [1.807, 2.05) is 13.0 Å². The molecule has 3 aliphatic heterocycles. The van der Waals surface area contributed by atoms with Crippen molar-refractivity contribution in [2.24, 2.45) is 5.41 Å². The quantitative estimate of drug-likeness (QED) is 0.201. The van der Waals surface area contributed by atoms with Gasteiger partial charge < -0.3 is 24.7 Å². The SMILES string of the molecule is Cc1cnc(N2CC3(CCOCC3)C2)c(C(=O)Nc2ccc(C(=O)N3CCc4cc(C(=O)Nc5c(F)cccc5F)oc4-c4cccnc43)cc2)c1. The van der Waals surface area contributed by atoms with Gasteiger partial charge in [0.2, 0.25) is 0 Å². The number of nitrogens with zero attached hydrogens (tertiary/aromatic N) is 4. The second-order valence-corrected chi connectivity index (χ2v) is 13.5. The fraction of sp³-hybridized carbons (Fsp3) is 0.256. The summed E-state index contributed by atoms with van der Waals surface area (Å²) in [5.41, 5.74) is 3.02. The van der Waals surface area contributed by atoms with Crippen LogP contribution in [-0.2, 0) is 11.2 Å². The van der Waals surface area contributed by atoms with E-state index >= 15 is 0 Å². The van der Waals surface area contributed by atoms with Crippen molar-refractivity contribution in [2.75, 3.05) is 53.3 Å². The van der Waals surface area contributed by atoms with Crippen LogP contribution in [0, 0.1) is 24.0 Å². The molecular formula is C39H34F2N6O5. The van der Waals surface area contributed by atoms with Crippen LogP contribution in [-0.4, -0.2) is 60.5 Å². The Labute approximate surface area is 297 Å². The highest BCUT2D eigenvalue weighted by molar-refractivity contribution is 6.10. The van der Waals surface area contributed by atoms with E-state index < -0.39 is 23.2 Å². The lowest BCUT2D eigenvalue weighted by Gasteiger charge is -2.53. The largest absolute Gasteiger partial charge is 0.450 e. The smallest absolute Gasteiger partial charge is 0.291 e. The Balaban J connectivity index is 0.976. The molecule has 2 aromatic carbocycles. The van der Waals surface area contributed by atoms with Crippen molar-refractivity contribution >= 4 is 40.7 Å². The van der Waals surface area contributed by atoms with Crippen molar-refractivity contribution in [3.05, 3.63) is 119 Å². The van der Waals surface area contributed by atoms with Gasteiger partial charge in [0, 0.05) is 67.5 Å². The van der Waals surface area contributed by atoms with E-state index in [2.05, 4.69) is 25.5 Å². The van der Waals surface area contributed by atoms with E-state index in [0.29, 0.717) is 51.8 Å². The Morgan fingerprint density at radius 2 is 1.62 bits per heavy atom. The van der Waals surface area contributed by atoms with E-state index in [9.17, 15) is 23.2 Å². The number of carbonyl (C=O) groups is 3. The van der Waals surface area contributed by atoms with Crippen LogP contribution >= 0.6 is 0 Å². The minimum Gasteiger partial charge on any atom is -0.450 e. The summed E-state index contributed by atoms with van der Waals surface area (Å²) in [6.07, 6.45) is 5.65. The molecule has 3 aliphatic rings. The zero-order valence-electron chi connectivity index (χ0n) is 28.2. The van der Waals surface area contributed by atoms with Gasteiger partial charge in [-0.2, -0.15) is 0 Å². The molecule has 13 heteroatoms. The second-order valence-electron chi connectivity index (χ2n) is 13.5. The van der Waals surface area contributed by atoms with Crippen LogP contribution in [0.2, 0.25) is 0 Å². The molecular weight excluding hydrogens is 670 g/mol. The van der Waals surface area contributed by atoms with Crippen LogP contribution in [0.4, 0.5) is 31.8 Å². The molecule has 264 valence electrons. The number of fused-ring (bicyclic) bond motifs is 3. The molecule has 2 N–H and O–H groups in total. The zero-order valence-corrected chi connectivity index (χ0v) is 28.2. The van der Waals surface area contributed by atoms with Crippen molar-refractivity contribution in [2.45, 2.75) is 26.2 Å². The maximum Gasteiger partial charge on any atom is 0.291 e. The Morgan fingerprint density at radius 3 is 2.37 bits per heavy atom. The number of hydrogen-bond acceptors (Lipinski definition) is 8. The van der Waals surface area contributed by atoms with E-state index in [1.165, 1.54) is 17.0 Å². The molecule has 52 heavy (non-hydrogen) atoms. The van der Waals surface area contributed by atoms with Gasteiger partial charge in [-0.05, 0) is 92.4 Å². The maximum absolute atomic E-state index is 14.2. The molecule has 6 heterocycles. The van der Waals surface area contributed by atoms with Crippen molar-refractivity contribution in [1.82, 2.24) is 9.97 Å². The fourth-order valence-electron chi connectivity index (χ4n) is 7.14. The van der Waals surface area contributed by atoms with E-state index in [0.717, 1.165) is 56.8 Å². The lowest BCUT2D eigenvalue weighted by atomic mass is 9.73. The summed E-state index contributed by atoms with van der Waals surface area (Å²) in [5, 5.41) is 5.21. The summed E-state index contributed by atoms with van der Waals surface area (Å²) in [6.45, 7) is 5.32. The number of anilines is 4. The molecule has 8 rings (SSSR count). The van der Waals surface area contributed by atoms with E-state index in [1.54, 1.807) is 48.8 Å². The molecule has 5 aromatic rings. The summed E-state index contributed by atoms with van der Waals surface area (Å²) >= 11 is 0. The summed E-state index contributed by atoms with van der Waals surface area (Å²) < 4.78 is 39.8. The van der Waals surface area contributed by atoms with Gasteiger partial charge in [0.15, 0.2) is 5.76 Å². The number of aryl methyl sites for hydroxylation is 1. The monoisotopic (exact) mass is 704 g/mol. The Hall–Kier alpha value is -5.95. The third kappa shape index (κ3) is 6.17. The van der Waals surface area contributed by atoms with Gasteiger partial charge in [0.05, 0.1) is 11.1 Å². The van der Waals surface area contributed by atoms with Gasteiger partial charge in [-0.1, -0.05) is 6.07 Å². The average Bonchev–Trinajstić information content (AvgIpc) is 3.51. The molecule has 0 aliphatic carbocycles. The first-order valence-corrected chi connectivity index (χ1v) is 17.0. The van der Waals surface area contributed by atoms with Crippen molar-refractivity contribution < 1.29 is 32.3 Å². The summed E-state index contributed by atoms with van der Waals surface area (Å²) in [4.78, 5) is 53.2. The molecule has 2 saturated heterocycles. The molecule has 0 saturated carbocycles. The van der Waals surface area contributed by atoms with Crippen LogP contribution < -0.4 is 20.4 Å². The minimum absolute atomic E-state index is 0.137. The number of pyridine rings is 2. The molecule has 0 atom stereocenters. The van der Waals surface area contributed by atoms with Crippen LogP contribution in [0.15, 0.2) is 83.5 Å². The number of para-hydroxylation sites is 1. The molecule has 0 radical (unpaired) electrons. The zero-order chi connectivity index (χ0) is 36.0. The van der Waals surface area contributed by atoms with Crippen molar-refractivity contribution in [3.8, 4) is 11.3 Å². The van der Waals surface area contributed by atoms with Gasteiger partial charge in [-0.25, -0.2) is 18.7 Å². The number of benzene rings is 2. The van der Waals surface area contributed by atoms with Crippen molar-refractivity contribution in [1.29, 1.82) is 0 Å². The Bertz CT molecular complexity index is 2190. The third-order valence-corrected chi connectivity index (χ3v) is 9.91.